The van der Waals surface area contributed by atoms with Crippen molar-refractivity contribution in [1.29, 1.82) is 0 Å². The van der Waals surface area contributed by atoms with Crippen LogP contribution in [-0.4, -0.2) is 35.6 Å². The molecule has 0 aromatic heterocycles. The second-order valence-corrected chi connectivity index (χ2v) is 5.57. The lowest BCUT2D eigenvalue weighted by atomic mass is 9.96. The zero-order chi connectivity index (χ0) is 13.8. The van der Waals surface area contributed by atoms with Gasteiger partial charge in [-0.05, 0) is 45.6 Å². The number of hydrogen-bond acceptors (Lipinski definition) is 3. The smallest absolute Gasteiger partial charge is 0.410 e. The molecule has 0 bridgehead atoms. The molecule has 0 atom stereocenters. The molecule has 0 spiro atoms. The van der Waals surface area contributed by atoms with Crippen LogP contribution in [0.25, 0.3) is 0 Å². The van der Waals surface area contributed by atoms with Crippen LogP contribution in [0.3, 0.4) is 0 Å². The Hall–Kier alpha value is -1.52. The van der Waals surface area contributed by atoms with Gasteiger partial charge in [-0.25, -0.2) is 4.79 Å². The summed E-state index contributed by atoms with van der Waals surface area (Å²) in [5, 5.41) is 0. The summed E-state index contributed by atoms with van der Waals surface area (Å²) >= 11 is 0. The van der Waals surface area contributed by atoms with Crippen molar-refractivity contribution in [1.82, 2.24) is 4.90 Å². The highest BCUT2D eigenvalue weighted by atomic mass is 16.6. The number of nitrogens with two attached hydrogens (primary N) is 1. The minimum absolute atomic E-state index is 0.264. The Kier molecular flexibility index (Phi) is 4.76. The van der Waals surface area contributed by atoms with Gasteiger partial charge in [0.1, 0.15) is 5.60 Å². The number of piperidine rings is 1. The number of allylic oxidation sites excluding steroid dienone is 1. The first-order valence-corrected chi connectivity index (χ1v) is 6.23. The van der Waals surface area contributed by atoms with Crippen LogP contribution in [0.2, 0.25) is 0 Å². The summed E-state index contributed by atoms with van der Waals surface area (Å²) in [5.74, 6) is -0.110. The van der Waals surface area contributed by atoms with E-state index >= 15 is 0 Å². The fourth-order valence-electron chi connectivity index (χ4n) is 1.83. The molecule has 0 radical (unpaired) electrons. The molecule has 0 aromatic carbocycles. The van der Waals surface area contributed by atoms with Gasteiger partial charge in [0.05, 0.1) is 0 Å². The number of carbonyl (C=O) groups excluding carboxylic acids is 2. The average Bonchev–Trinajstić information content (AvgIpc) is 2.24. The number of likely N-dealkylation sites (tertiary alicyclic amines) is 1. The molecule has 0 aliphatic carbocycles. The van der Waals surface area contributed by atoms with Gasteiger partial charge in [-0.1, -0.05) is 6.08 Å². The Labute approximate surface area is 108 Å². The highest BCUT2D eigenvalue weighted by molar-refractivity contribution is 5.85. The molecule has 1 fully saturated rings. The number of primary amides is 1. The predicted molar refractivity (Wildman–Crippen MR) is 68.9 cm³/mol. The number of hydrogen-bond donors (Lipinski definition) is 1. The largest absolute Gasteiger partial charge is 0.444 e. The lowest BCUT2D eigenvalue weighted by molar-refractivity contribution is -0.113. The minimum Gasteiger partial charge on any atom is -0.444 e. The lowest BCUT2D eigenvalue weighted by Crippen LogP contribution is -2.41. The molecular formula is C13H22N2O3. The van der Waals surface area contributed by atoms with Crippen molar-refractivity contribution in [3.05, 3.63) is 12.2 Å². The van der Waals surface area contributed by atoms with Crippen molar-refractivity contribution in [3.8, 4) is 0 Å². The van der Waals surface area contributed by atoms with E-state index in [4.69, 9.17) is 10.5 Å². The second kappa shape index (κ2) is 5.89. The number of amides is 2. The van der Waals surface area contributed by atoms with E-state index in [1.807, 2.05) is 26.8 Å². The summed E-state index contributed by atoms with van der Waals surface area (Å²) < 4.78 is 5.31. The molecule has 5 nitrogen and oxygen atoms in total. The molecule has 18 heavy (non-hydrogen) atoms. The van der Waals surface area contributed by atoms with Crippen molar-refractivity contribution in [3.63, 3.8) is 0 Å². The summed E-state index contributed by atoms with van der Waals surface area (Å²) in [4.78, 5) is 24.1. The van der Waals surface area contributed by atoms with E-state index in [0.717, 1.165) is 12.8 Å². The third-order valence-corrected chi connectivity index (χ3v) is 2.72. The van der Waals surface area contributed by atoms with E-state index in [1.54, 1.807) is 4.90 Å². The Morgan fingerprint density at radius 3 is 2.28 bits per heavy atom. The van der Waals surface area contributed by atoms with Gasteiger partial charge in [0.15, 0.2) is 0 Å². The van der Waals surface area contributed by atoms with E-state index in [1.165, 1.54) is 6.08 Å². The molecule has 0 aromatic rings. The molecule has 0 saturated carbocycles. The standard InChI is InChI=1S/C13H22N2O3/c1-13(2,3)18-12(17)15-8-6-10(7-9-15)4-5-11(14)16/h4-5,10H,6-9H2,1-3H3,(H2,14,16)/b5-4+. The van der Waals surface area contributed by atoms with Crippen molar-refractivity contribution >= 4 is 12.0 Å². The number of nitrogens with zero attached hydrogens (tertiary/aromatic N) is 1. The van der Waals surface area contributed by atoms with Crippen LogP contribution in [0.15, 0.2) is 12.2 Å². The molecule has 5 heteroatoms. The highest BCUT2D eigenvalue weighted by Crippen LogP contribution is 2.20. The summed E-state index contributed by atoms with van der Waals surface area (Å²) in [6.45, 7) is 6.87. The quantitative estimate of drug-likeness (QED) is 0.762. The van der Waals surface area contributed by atoms with Gasteiger partial charge < -0.3 is 15.4 Å². The maximum absolute atomic E-state index is 11.8. The average molecular weight is 254 g/mol. The molecule has 1 aliphatic heterocycles. The SMILES string of the molecule is CC(C)(C)OC(=O)N1CCC(/C=C/C(N)=O)CC1. The summed E-state index contributed by atoms with van der Waals surface area (Å²) in [7, 11) is 0. The van der Waals surface area contributed by atoms with Crippen LogP contribution in [-0.2, 0) is 9.53 Å². The first-order valence-electron chi connectivity index (χ1n) is 6.23. The van der Waals surface area contributed by atoms with Gasteiger partial charge in [-0.15, -0.1) is 0 Å². The first kappa shape index (κ1) is 14.5. The highest BCUT2D eigenvalue weighted by Gasteiger charge is 2.25. The van der Waals surface area contributed by atoms with E-state index < -0.39 is 11.5 Å². The zero-order valence-corrected chi connectivity index (χ0v) is 11.3. The summed E-state index contributed by atoms with van der Waals surface area (Å²) in [6, 6.07) is 0. The summed E-state index contributed by atoms with van der Waals surface area (Å²) in [6.07, 6.45) is 4.63. The Balaban J connectivity index is 2.39. The van der Waals surface area contributed by atoms with Gasteiger partial charge >= 0.3 is 6.09 Å². The van der Waals surface area contributed by atoms with Gasteiger partial charge in [-0.2, -0.15) is 0 Å². The fraction of sp³-hybridized carbons (Fsp3) is 0.692. The van der Waals surface area contributed by atoms with E-state index in [2.05, 4.69) is 0 Å². The predicted octanol–water partition coefficient (Wildman–Crippen LogP) is 1.67. The van der Waals surface area contributed by atoms with Crippen molar-refractivity contribution in [2.24, 2.45) is 11.7 Å². The normalized spacial score (nSPS) is 18.1. The molecule has 2 amide bonds. The van der Waals surface area contributed by atoms with E-state index in [9.17, 15) is 9.59 Å². The topological polar surface area (TPSA) is 72.6 Å². The lowest BCUT2D eigenvalue weighted by Gasteiger charge is -2.32. The zero-order valence-electron chi connectivity index (χ0n) is 11.3. The number of carbonyl (C=O) groups is 2. The van der Waals surface area contributed by atoms with Gasteiger partial charge in [0.25, 0.3) is 0 Å². The third-order valence-electron chi connectivity index (χ3n) is 2.72. The Bertz CT molecular complexity index is 337. The van der Waals surface area contributed by atoms with E-state index in [0.29, 0.717) is 19.0 Å². The second-order valence-electron chi connectivity index (χ2n) is 5.57. The monoisotopic (exact) mass is 254 g/mol. The van der Waals surface area contributed by atoms with Crippen LogP contribution in [0.4, 0.5) is 4.79 Å². The van der Waals surface area contributed by atoms with E-state index in [-0.39, 0.29) is 6.09 Å². The third kappa shape index (κ3) is 5.21. The van der Waals surface area contributed by atoms with Crippen molar-refractivity contribution in [2.75, 3.05) is 13.1 Å². The van der Waals surface area contributed by atoms with Crippen LogP contribution >= 0.6 is 0 Å². The molecular weight excluding hydrogens is 232 g/mol. The molecule has 1 aliphatic rings. The first-order chi connectivity index (χ1) is 8.28. The number of ether oxygens (including phenoxy) is 1. The van der Waals surface area contributed by atoms with Crippen LogP contribution in [0.1, 0.15) is 33.6 Å². The maximum atomic E-state index is 11.8. The van der Waals surface area contributed by atoms with Crippen LogP contribution < -0.4 is 5.73 Å². The Morgan fingerprint density at radius 2 is 1.83 bits per heavy atom. The fourth-order valence-corrected chi connectivity index (χ4v) is 1.83. The Morgan fingerprint density at radius 1 is 1.28 bits per heavy atom. The maximum Gasteiger partial charge on any atom is 0.410 e. The molecule has 2 N–H and O–H groups in total. The van der Waals surface area contributed by atoms with Gasteiger partial charge in [-0.3, -0.25) is 4.79 Å². The molecule has 1 saturated heterocycles. The molecule has 1 rings (SSSR count). The van der Waals surface area contributed by atoms with Crippen molar-refractivity contribution in [2.45, 2.75) is 39.2 Å². The van der Waals surface area contributed by atoms with Crippen LogP contribution in [0.5, 0.6) is 0 Å². The minimum atomic E-state index is -0.459. The molecule has 0 unspecified atom stereocenters. The molecule has 1 heterocycles. The summed E-state index contributed by atoms with van der Waals surface area (Å²) in [5.41, 5.74) is 4.59. The van der Waals surface area contributed by atoms with Gasteiger partial charge in [0, 0.05) is 13.1 Å². The van der Waals surface area contributed by atoms with Crippen LogP contribution in [0, 0.1) is 5.92 Å². The molecule has 102 valence electrons. The van der Waals surface area contributed by atoms with Gasteiger partial charge in [0.2, 0.25) is 5.91 Å². The van der Waals surface area contributed by atoms with Crippen molar-refractivity contribution < 1.29 is 14.3 Å². The number of rotatable bonds is 2.